The van der Waals surface area contributed by atoms with Crippen LogP contribution in [0.1, 0.15) is 39.5 Å². The summed E-state index contributed by atoms with van der Waals surface area (Å²) in [6, 6.07) is 15.3. The smallest absolute Gasteiger partial charge is 0.255 e. The van der Waals surface area contributed by atoms with E-state index in [0.29, 0.717) is 17.9 Å². The van der Waals surface area contributed by atoms with Crippen molar-refractivity contribution in [3.63, 3.8) is 0 Å². The number of ether oxygens (including phenoxy) is 2. The Balaban J connectivity index is 1.84. The molecule has 0 spiro atoms. The van der Waals surface area contributed by atoms with E-state index in [0.717, 1.165) is 28.0 Å². The SMILES string of the molecule is CCOc1ccc(C(=O)Nc2ccccc2F)cc1COc1cc(C)cc(C)c1C. The van der Waals surface area contributed by atoms with Gasteiger partial charge < -0.3 is 14.8 Å². The summed E-state index contributed by atoms with van der Waals surface area (Å²) in [6.07, 6.45) is 0. The van der Waals surface area contributed by atoms with Gasteiger partial charge in [0.2, 0.25) is 0 Å². The van der Waals surface area contributed by atoms with Crippen molar-refractivity contribution < 1.29 is 18.7 Å². The maximum Gasteiger partial charge on any atom is 0.255 e. The van der Waals surface area contributed by atoms with E-state index in [1.165, 1.54) is 12.1 Å². The Morgan fingerprint density at radius 1 is 0.967 bits per heavy atom. The zero-order valence-corrected chi connectivity index (χ0v) is 17.7. The van der Waals surface area contributed by atoms with Gasteiger partial charge in [-0.1, -0.05) is 18.2 Å². The van der Waals surface area contributed by atoms with E-state index in [1.54, 1.807) is 30.3 Å². The first kappa shape index (κ1) is 21.4. The van der Waals surface area contributed by atoms with Gasteiger partial charge in [-0.25, -0.2) is 4.39 Å². The van der Waals surface area contributed by atoms with Crippen molar-refractivity contribution in [2.75, 3.05) is 11.9 Å². The second-order valence-corrected chi connectivity index (χ2v) is 7.18. The molecular weight excluding hydrogens is 381 g/mol. The van der Waals surface area contributed by atoms with Gasteiger partial charge in [-0.2, -0.15) is 0 Å². The van der Waals surface area contributed by atoms with Crippen LogP contribution in [0, 0.1) is 26.6 Å². The van der Waals surface area contributed by atoms with E-state index >= 15 is 0 Å². The van der Waals surface area contributed by atoms with Gasteiger partial charge >= 0.3 is 0 Å². The van der Waals surface area contributed by atoms with Crippen molar-refractivity contribution >= 4 is 11.6 Å². The summed E-state index contributed by atoms with van der Waals surface area (Å²) in [5, 5.41) is 2.61. The summed E-state index contributed by atoms with van der Waals surface area (Å²) in [6.45, 7) is 8.74. The van der Waals surface area contributed by atoms with Crippen LogP contribution in [0.3, 0.4) is 0 Å². The molecule has 4 nitrogen and oxygen atoms in total. The molecule has 156 valence electrons. The molecule has 0 aliphatic carbocycles. The minimum atomic E-state index is -0.481. The lowest BCUT2D eigenvalue weighted by atomic mass is 10.1. The fraction of sp³-hybridized carbons (Fsp3) is 0.240. The van der Waals surface area contributed by atoms with Gasteiger partial charge in [-0.05, 0) is 80.8 Å². The van der Waals surface area contributed by atoms with Crippen molar-refractivity contribution in [3.8, 4) is 11.5 Å². The van der Waals surface area contributed by atoms with E-state index in [9.17, 15) is 9.18 Å². The second-order valence-electron chi connectivity index (χ2n) is 7.18. The van der Waals surface area contributed by atoms with Crippen molar-refractivity contribution in [1.29, 1.82) is 0 Å². The average molecular weight is 407 g/mol. The van der Waals surface area contributed by atoms with Crippen LogP contribution in [0.5, 0.6) is 11.5 Å². The molecule has 0 saturated heterocycles. The molecule has 0 aliphatic rings. The molecular formula is C25H26FNO3. The lowest BCUT2D eigenvalue weighted by Crippen LogP contribution is -2.14. The first-order valence-electron chi connectivity index (χ1n) is 9.91. The van der Waals surface area contributed by atoms with E-state index in [4.69, 9.17) is 9.47 Å². The number of carbonyl (C=O) groups excluding carboxylic acids is 1. The van der Waals surface area contributed by atoms with Crippen LogP contribution in [-0.2, 0) is 6.61 Å². The van der Waals surface area contributed by atoms with Gasteiger partial charge in [0, 0.05) is 11.1 Å². The standard InChI is InChI=1S/C25H26FNO3/c1-5-29-23-11-10-19(25(28)27-22-9-7-6-8-21(22)26)14-20(23)15-30-24-13-16(2)12-17(3)18(24)4/h6-14H,5,15H2,1-4H3,(H,27,28). The maximum absolute atomic E-state index is 13.9. The summed E-state index contributed by atoms with van der Waals surface area (Å²) in [4.78, 5) is 12.6. The Morgan fingerprint density at radius 3 is 2.47 bits per heavy atom. The highest BCUT2D eigenvalue weighted by Crippen LogP contribution is 2.27. The summed E-state index contributed by atoms with van der Waals surface area (Å²) in [7, 11) is 0. The minimum Gasteiger partial charge on any atom is -0.493 e. The molecule has 1 amide bonds. The number of hydrogen-bond donors (Lipinski definition) is 1. The van der Waals surface area contributed by atoms with Crippen molar-refractivity contribution in [2.45, 2.75) is 34.3 Å². The third-order valence-corrected chi connectivity index (χ3v) is 4.89. The highest BCUT2D eigenvalue weighted by atomic mass is 19.1. The monoisotopic (exact) mass is 407 g/mol. The fourth-order valence-electron chi connectivity index (χ4n) is 3.19. The average Bonchev–Trinajstić information content (AvgIpc) is 2.72. The van der Waals surface area contributed by atoms with E-state index in [1.807, 2.05) is 26.8 Å². The van der Waals surface area contributed by atoms with Crippen molar-refractivity contribution in [2.24, 2.45) is 0 Å². The lowest BCUT2D eigenvalue weighted by molar-refractivity contribution is 0.102. The van der Waals surface area contributed by atoms with Gasteiger partial charge in [0.15, 0.2) is 0 Å². The highest BCUT2D eigenvalue weighted by molar-refractivity contribution is 6.04. The number of aryl methyl sites for hydroxylation is 2. The van der Waals surface area contributed by atoms with Gasteiger partial charge in [-0.3, -0.25) is 4.79 Å². The second kappa shape index (κ2) is 9.44. The first-order chi connectivity index (χ1) is 14.4. The molecule has 0 aromatic heterocycles. The Labute approximate surface area is 176 Å². The predicted octanol–water partition coefficient (Wildman–Crippen LogP) is 5.98. The number of amides is 1. The Morgan fingerprint density at radius 2 is 1.73 bits per heavy atom. The summed E-state index contributed by atoms with van der Waals surface area (Å²) >= 11 is 0. The molecule has 0 saturated carbocycles. The quantitative estimate of drug-likeness (QED) is 0.524. The molecule has 0 aliphatic heterocycles. The summed E-state index contributed by atoms with van der Waals surface area (Å²) in [5.41, 5.74) is 4.64. The van der Waals surface area contributed by atoms with Crippen LogP contribution >= 0.6 is 0 Å². The van der Waals surface area contributed by atoms with Gasteiger partial charge in [0.25, 0.3) is 5.91 Å². The Bertz CT molecular complexity index is 1060. The van der Waals surface area contributed by atoms with Crippen LogP contribution in [0.2, 0.25) is 0 Å². The number of anilines is 1. The highest BCUT2D eigenvalue weighted by Gasteiger charge is 2.14. The number of hydrogen-bond acceptors (Lipinski definition) is 3. The first-order valence-corrected chi connectivity index (χ1v) is 9.91. The molecule has 0 radical (unpaired) electrons. The normalized spacial score (nSPS) is 10.6. The molecule has 5 heteroatoms. The molecule has 0 bridgehead atoms. The van der Waals surface area contributed by atoms with E-state index in [-0.39, 0.29) is 12.3 Å². The van der Waals surface area contributed by atoms with Crippen molar-refractivity contribution in [1.82, 2.24) is 0 Å². The minimum absolute atomic E-state index is 0.139. The molecule has 0 atom stereocenters. The van der Waals surface area contributed by atoms with Crippen LogP contribution in [0.4, 0.5) is 10.1 Å². The van der Waals surface area contributed by atoms with Crippen molar-refractivity contribution in [3.05, 3.63) is 88.2 Å². The zero-order chi connectivity index (χ0) is 21.7. The molecule has 0 unspecified atom stereocenters. The molecule has 0 heterocycles. The fourth-order valence-corrected chi connectivity index (χ4v) is 3.19. The number of benzene rings is 3. The number of para-hydroxylation sites is 1. The molecule has 30 heavy (non-hydrogen) atoms. The van der Waals surface area contributed by atoms with Crippen LogP contribution < -0.4 is 14.8 Å². The molecule has 0 fully saturated rings. The topological polar surface area (TPSA) is 47.6 Å². The van der Waals surface area contributed by atoms with Crippen LogP contribution in [0.15, 0.2) is 54.6 Å². The van der Waals surface area contributed by atoms with E-state index < -0.39 is 11.7 Å². The Kier molecular flexibility index (Phi) is 6.72. The molecule has 3 aromatic carbocycles. The predicted molar refractivity (Wildman–Crippen MR) is 117 cm³/mol. The molecule has 3 aromatic rings. The number of rotatable bonds is 7. The lowest BCUT2D eigenvalue weighted by Gasteiger charge is -2.16. The van der Waals surface area contributed by atoms with Crippen LogP contribution in [0.25, 0.3) is 0 Å². The zero-order valence-electron chi connectivity index (χ0n) is 17.7. The van der Waals surface area contributed by atoms with Gasteiger partial charge in [-0.15, -0.1) is 0 Å². The third-order valence-electron chi connectivity index (χ3n) is 4.89. The largest absolute Gasteiger partial charge is 0.493 e. The maximum atomic E-state index is 13.9. The number of nitrogens with one attached hydrogen (secondary N) is 1. The Hall–Kier alpha value is -3.34. The van der Waals surface area contributed by atoms with Crippen LogP contribution in [-0.4, -0.2) is 12.5 Å². The summed E-state index contributed by atoms with van der Waals surface area (Å²) < 4.78 is 25.6. The molecule has 3 rings (SSSR count). The van der Waals surface area contributed by atoms with E-state index in [2.05, 4.69) is 18.3 Å². The van der Waals surface area contributed by atoms with Gasteiger partial charge in [0.05, 0.1) is 12.3 Å². The number of carbonyl (C=O) groups is 1. The molecule has 1 N–H and O–H groups in total. The number of halogens is 1. The third kappa shape index (κ3) is 4.98. The summed E-state index contributed by atoms with van der Waals surface area (Å²) in [5.74, 6) is 0.579. The van der Waals surface area contributed by atoms with Gasteiger partial charge in [0.1, 0.15) is 23.9 Å².